The quantitative estimate of drug-likeness (QED) is 0.818. The highest BCUT2D eigenvalue weighted by Crippen LogP contribution is 2.31. The number of carbonyl (C=O) groups excluding carboxylic acids is 1. The molecular formula is C18H19ClF2N2O2. The van der Waals surface area contributed by atoms with Crippen molar-refractivity contribution in [3.63, 3.8) is 0 Å². The molecule has 134 valence electrons. The van der Waals surface area contributed by atoms with Crippen molar-refractivity contribution in [3.05, 3.63) is 59.7 Å². The molecule has 0 heterocycles. The van der Waals surface area contributed by atoms with Gasteiger partial charge in [0, 0.05) is 24.2 Å². The molecule has 0 bridgehead atoms. The molecule has 2 aromatic rings. The van der Waals surface area contributed by atoms with Crippen LogP contribution in [0.15, 0.2) is 42.5 Å². The van der Waals surface area contributed by atoms with Gasteiger partial charge in [-0.1, -0.05) is 0 Å². The fourth-order valence-electron chi connectivity index (χ4n) is 2.36. The van der Waals surface area contributed by atoms with Crippen molar-refractivity contribution >= 4 is 18.3 Å². The van der Waals surface area contributed by atoms with Crippen LogP contribution in [0.2, 0.25) is 0 Å². The Labute approximate surface area is 150 Å². The van der Waals surface area contributed by atoms with Gasteiger partial charge in [0.1, 0.15) is 11.6 Å². The molecule has 1 atom stereocenters. The summed E-state index contributed by atoms with van der Waals surface area (Å²) in [6.45, 7) is 0.447. The number of amides is 1. The number of nitrogens with one attached hydrogen (secondary N) is 1. The second-order valence-corrected chi connectivity index (χ2v) is 5.91. The second-order valence-electron chi connectivity index (χ2n) is 5.91. The van der Waals surface area contributed by atoms with E-state index in [0.29, 0.717) is 23.8 Å². The lowest BCUT2D eigenvalue weighted by Gasteiger charge is -2.12. The average molecular weight is 369 g/mol. The van der Waals surface area contributed by atoms with E-state index in [2.05, 4.69) is 5.32 Å². The Morgan fingerprint density at radius 3 is 2.48 bits per heavy atom. The fourth-order valence-corrected chi connectivity index (χ4v) is 2.36. The lowest BCUT2D eigenvalue weighted by atomic mass is 10.1. The van der Waals surface area contributed by atoms with Gasteiger partial charge in [0.25, 0.3) is 5.91 Å². The van der Waals surface area contributed by atoms with E-state index in [1.54, 1.807) is 24.3 Å². The molecular weight excluding hydrogens is 350 g/mol. The average Bonchev–Trinajstić information content (AvgIpc) is 3.40. The van der Waals surface area contributed by atoms with Crippen LogP contribution in [-0.2, 0) is 0 Å². The summed E-state index contributed by atoms with van der Waals surface area (Å²) < 4.78 is 31.8. The maximum absolute atomic E-state index is 13.5. The van der Waals surface area contributed by atoms with Crippen LogP contribution in [0.3, 0.4) is 0 Å². The summed E-state index contributed by atoms with van der Waals surface area (Å²) in [5.41, 5.74) is 6.41. The second kappa shape index (κ2) is 8.27. The topological polar surface area (TPSA) is 64.3 Å². The van der Waals surface area contributed by atoms with Crippen LogP contribution in [-0.4, -0.2) is 18.5 Å². The first-order valence-electron chi connectivity index (χ1n) is 7.79. The standard InChI is InChI=1S/C18H18F2N2O2.ClH/c19-13-5-8-17(15(20)9-13)24-14-6-3-12(4-7-14)18(23)22-10-16(21)11-1-2-11;/h3-9,11,16H,1-2,10,21H2,(H,22,23);1H. The molecule has 1 aliphatic carbocycles. The van der Waals surface area contributed by atoms with Crippen LogP contribution < -0.4 is 15.8 Å². The summed E-state index contributed by atoms with van der Waals surface area (Å²) in [6.07, 6.45) is 2.26. The van der Waals surface area contributed by atoms with E-state index in [1.165, 1.54) is 6.07 Å². The van der Waals surface area contributed by atoms with E-state index in [1.807, 2.05) is 0 Å². The Kier molecular flexibility index (Phi) is 6.33. The smallest absolute Gasteiger partial charge is 0.251 e. The monoisotopic (exact) mass is 368 g/mol. The van der Waals surface area contributed by atoms with Gasteiger partial charge in [0.15, 0.2) is 11.6 Å². The molecule has 1 unspecified atom stereocenters. The number of carbonyl (C=O) groups is 1. The predicted octanol–water partition coefficient (Wildman–Crippen LogP) is 3.65. The molecule has 1 amide bonds. The Bertz CT molecular complexity index is 736. The van der Waals surface area contributed by atoms with Gasteiger partial charge in [-0.15, -0.1) is 12.4 Å². The Morgan fingerprint density at radius 2 is 1.88 bits per heavy atom. The Balaban J connectivity index is 0.00000225. The van der Waals surface area contributed by atoms with Crippen molar-refractivity contribution in [2.24, 2.45) is 11.7 Å². The molecule has 0 saturated heterocycles. The minimum Gasteiger partial charge on any atom is -0.454 e. The van der Waals surface area contributed by atoms with E-state index in [-0.39, 0.29) is 30.1 Å². The van der Waals surface area contributed by atoms with Crippen molar-refractivity contribution in [2.45, 2.75) is 18.9 Å². The predicted molar refractivity (Wildman–Crippen MR) is 93.2 cm³/mol. The third-order valence-electron chi connectivity index (χ3n) is 3.96. The SMILES string of the molecule is Cl.NC(CNC(=O)c1ccc(Oc2ccc(F)cc2F)cc1)C1CC1. The summed E-state index contributed by atoms with van der Waals surface area (Å²) in [6, 6.07) is 9.34. The van der Waals surface area contributed by atoms with Crippen LogP contribution in [0.5, 0.6) is 11.5 Å². The first-order chi connectivity index (χ1) is 11.5. The molecule has 0 aliphatic heterocycles. The molecule has 1 saturated carbocycles. The van der Waals surface area contributed by atoms with Gasteiger partial charge in [-0.3, -0.25) is 4.79 Å². The van der Waals surface area contributed by atoms with Gasteiger partial charge in [0.05, 0.1) is 0 Å². The van der Waals surface area contributed by atoms with Crippen LogP contribution in [0.1, 0.15) is 23.2 Å². The number of hydrogen-bond donors (Lipinski definition) is 2. The molecule has 4 nitrogen and oxygen atoms in total. The van der Waals surface area contributed by atoms with Gasteiger partial charge in [0.2, 0.25) is 0 Å². The van der Waals surface area contributed by atoms with Crippen LogP contribution in [0.4, 0.5) is 8.78 Å². The van der Waals surface area contributed by atoms with Crippen LogP contribution in [0.25, 0.3) is 0 Å². The molecule has 3 rings (SSSR count). The van der Waals surface area contributed by atoms with E-state index < -0.39 is 11.6 Å². The molecule has 1 aliphatic rings. The highest BCUT2D eigenvalue weighted by atomic mass is 35.5. The zero-order valence-electron chi connectivity index (χ0n) is 13.4. The van der Waals surface area contributed by atoms with E-state index >= 15 is 0 Å². The lowest BCUT2D eigenvalue weighted by molar-refractivity contribution is 0.0950. The lowest BCUT2D eigenvalue weighted by Crippen LogP contribution is -2.38. The van der Waals surface area contributed by atoms with Crippen LogP contribution >= 0.6 is 12.4 Å². The minimum atomic E-state index is -0.786. The van der Waals surface area contributed by atoms with Gasteiger partial charge in [-0.2, -0.15) is 0 Å². The van der Waals surface area contributed by atoms with Gasteiger partial charge >= 0.3 is 0 Å². The summed E-state index contributed by atoms with van der Waals surface area (Å²) in [5.74, 6) is -0.879. The maximum Gasteiger partial charge on any atom is 0.251 e. The first-order valence-corrected chi connectivity index (χ1v) is 7.79. The fraction of sp³-hybridized carbons (Fsp3) is 0.278. The highest BCUT2D eigenvalue weighted by Gasteiger charge is 2.28. The van der Waals surface area contributed by atoms with Crippen molar-refractivity contribution in [3.8, 4) is 11.5 Å². The molecule has 1 fully saturated rings. The summed E-state index contributed by atoms with van der Waals surface area (Å²) in [4.78, 5) is 12.0. The van der Waals surface area contributed by atoms with E-state index in [0.717, 1.165) is 25.0 Å². The van der Waals surface area contributed by atoms with Crippen LogP contribution in [0, 0.1) is 17.6 Å². The Morgan fingerprint density at radius 1 is 1.20 bits per heavy atom. The molecule has 3 N–H and O–H groups in total. The summed E-state index contributed by atoms with van der Waals surface area (Å²) in [5, 5.41) is 2.80. The van der Waals surface area contributed by atoms with E-state index in [9.17, 15) is 13.6 Å². The number of nitrogens with two attached hydrogens (primary N) is 1. The van der Waals surface area contributed by atoms with Gasteiger partial charge < -0.3 is 15.8 Å². The van der Waals surface area contributed by atoms with Crippen molar-refractivity contribution in [1.29, 1.82) is 0 Å². The molecule has 25 heavy (non-hydrogen) atoms. The third-order valence-corrected chi connectivity index (χ3v) is 3.96. The van der Waals surface area contributed by atoms with Gasteiger partial charge in [-0.25, -0.2) is 8.78 Å². The molecule has 0 spiro atoms. The zero-order valence-corrected chi connectivity index (χ0v) is 14.2. The number of benzene rings is 2. The number of ether oxygens (including phenoxy) is 1. The highest BCUT2D eigenvalue weighted by molar-refractivity contribution is 5.94. The number of halogens is 3. The minimum absolute atomic E-state index is 0. The maximum atomic E-state index is 13.5. The van der Waals surface area contributed by atoms with Gasteiger partial charge in [-0.05, 0) is 55.2 Å². The summed E-state index contributed by atoms with van der Waals surface area (Å²) >= 11 is 0. The molecule has 0 aromatic heterocycles. The van der Waals surface area contributed by atoms with Crippen molar-refractivity contribution in [1.82, 2.24) is 5.32 Å². The molecule has 7 heteroatoms. The van der Waals surface area contributed by atoms with E-state index in [4.69, 9.17) is 10.5 Å². The molecule has 2 aromatic carbocycles. The van der Waals surface area contributed by atoms with Crippen molar-refractivity contribution in [2.75, 3.05) is 6.54 Å². The Hall–Kier alpha value is -2.18. The first kappa shape index (κ1) is 19.1. The van der Waals surface area contributed by atoms with Crippen molar-refractivity contribution < 1.29 is 18.3 Å². The number of rotatable bonds is 6. The largest absolute Gasteiger partial charge is 0.454 e. The number of hydrogen-bond acceptors (Lipinski definition) is 3. The normalized spacial score (nSPS) is 14.4. The third kappa shape index (κ3) is 5.14. The molecule has 0 radical (unpaired) electrons. The zero-order chi connectivity index (χ0) is 17.1. The summed E-state index contributed by atoms with van der Waals surface area (Å²) in [7, 11) is 0.